The molecule has 1 aromatic heterocycles. The monoisotopic (exact) mass is 262 g/mol. The molecular weight excluding hydrogens is 236 g/mol. The lowest BCUT2D eigenvalue weighted by Gasteiger charge is -2.30. The molecule has 0 bridgehead atoms. The molecule has 19 heavy (non-hydrogen) atoms. The Hall–Kier alpha value is -1.09. The maximum absolute atomic E-state index is 6.23. The fraction of sp³-hybridized carbons (Fsp3) is 0.688. The first-order chi connectivity index (χ1) is 9.31. The summed E-state index contributed by atoms with van der Waals surface area (Å²) in [6.07, 6.45) is 10.3. The Labute approximate surface area is 116 Å². The zero-order valence-corrected chi connectivity index (χ0v) is 12.2. The van der Waals surface area contributed by atoms with Crippen molar-refractivity contribution in [3.05, 3.63) is 24.0 Å². The lowest BCUT2D eigenvalue weighted by molar-refractivity contribution is 0.101. The van der Waals surface area contributed by atoms with Crippen molar-refractivity contribution in [2.24, 2.45) is 5.92 Å². The Morgan fingerprint density at radius 3 is 3.00 bits per heavy atom. The second-order valence-electron chi connectivity index (χ2n) is 5.58. The molecule has 0 amide bonds. The maximum Gasteiger partial charge on any atom is 0.142 e. The fourth-order valence-corrected chi connectivity index (χ4v) is 2.68. The summed E-state index contributed by atoms with van der Waals surface area (Å²) in [5.41, 5.74) is 1.22. The molecular formula is C16H26N2O. The number of pyridine rings is 1. The summed E-state index contributed by atoms with van der Waals surface area (Å²) in [6.45, 7) is 6.39. The van der Waals surface area contributed by atoms with E-state index in [1.807, 2.05) is 12.4 Å². The van der Waals surface area contributed by atoms with Gasteiger partial charge < -0.3 is 10.1 Å². The molecule has 1 N–H and O–H groups in total. The van der Waals surface area contributed by atoms with Gasteiger partial charge in [0.15, 0.2) is 0 Å². The van der Waals surface area contributed by atoms with Gasteiger partial charge in [-0.15, -0.1) is 0 Å². The zero-order valence-electron chi connectivity index (χ0n) is 12.2. The van der Waals surface area contributed by atoms with Gasteiger partial charge in [-0.2, -0.15) is 0 Å². The summed E-state index contributed by atoms with van der Waals surface area (Å²) >= 11 is 0. The summed E-state index contributed by atoms with van der Waals surface area (Å²) in [5, 5.41) is 3.43. The number of nitrogens with zero attached hydrogens (tertiary/aromatic N) is 1. The van der Waals surface area contributed by atoms with E-state index in [0.29, 0.717) is 12.0 Å². The van der Waals surface area contributed by atoms with Crippen molar-refractivity contribution in [1.82, 2.24) is 10.3 Å². The predicted octanol–water partition coefficient (Wildman–Crippen LogP) is 3.54. The summed E-state index contributed by atoms with van der Waals surface area (Å²) in [4.78, 5) is 4.21. The molecule has 1 aliphatic carbocycles. The summed E-state index contributed by atoms with van der Waals surface area (Å²) < 4.78 is 6.23. The molecule has 1 fully saturated rings. The Kier molecular flexibility index (Phi) is 5.64. The van der Waals surface area contributed by atoms with Crippen LogP contribution in [-0.4, -0.2) is 17.6 Å². The van der Waals surface area contributed by atoms with Gasteiger partial charge >= 0.3 is 0 Å². The number of aromatic nitrogens is 1. The molecule has 3 heteroatoms. The first-order valence-corrected chi connectivity index (χ1v) is 7.61. The smallest absolute Gasteiger partial charge is 0.142 e. The van der Waals surface area contributed by atoms with Gasteiger partial charge in [-0.05, 0) is 44.2 Å². The zero-order chi connectivity index (χ0) is 13.5. The largest absolute Gasteiger partial charge is 0.488 e. The van der Waals surface area contributed by atoms with Gasteiger partial charge in [0, 0.05) is 18.3 Å². The highest BCUT2D eigenvalue weighted by molar-refractivity contribution is 5.30. The Morgan fingerprint density at radius 2 is 2.21 bits per heavy atom. The Morgan fingerprint density at radius 1 is 1.37 bits per heavy atom. The third-order valence-electron chi connectivity index (χ3n) is 3.92. The van der Waals surface area contributed by atoms with Crippen LogP contribution in [0.25, 0.3) is 0 Å². The van der Waals surface area contributed by atoms with Gasteiger partial charge in [0.25, 0.3) is 0 Å². The van der Waals surface area contributed by atoms with E-state index >= 15 is 0 Å². The van der Waals surface area contributed by atoms with Crippen LogP contribution in [0.2, 0.25) is 0 Å². The summed E-state index contributed by atoms with van der Waals surface area (Å²) in [7, 11) is 0. The molecule has 1 aliphatic rings. The minimum Gasteiger partial charge on any atom is -0.488 e. The SMILES string of the molecule is CCCNCc1ccncc1OC1CCCCC1C. The number of ether oxygens (including phenoxy) is 1. The molecule has 1 aromatic rings. The molecule has 2 unspecified atom stereocenters. The van der Waals surface area contributed by atoms with Crippen molar-refractivity contribution in [2.45, 2.75) is 58.6 Å². The lowest BCUT2D eigenvalue weighted by Crippen LogP contribution is -2.29. The number of hydrogen-bond donors (Lipinski definition) is 1. The first kappa shape index (κ1) is 14.3. The molecule has 106 valence electrons. The molecule has 0 radical (unpaired) electrons. The van der Waals surface area contributed by atoms with E-state index in [9.17, 15) is 0 Å². The highest BCUT2D eigenvalue weighted by Crippen LogP contribution is 2.29. The van der Waals surface area contributed by atoms with E-state index in [0.717, 1.165) is 25.3 Å². The van der Waals surface area contributed by atoms with Crippen LogP contribution in [0, 0.1) is 5.92 Å². The second kappa shape index (κ2) is 7.49. The van der Waals surface area contributed by atoms with Crippen LogP contribution in [-0.2, 0) is 6.54 Å². The van der Waals surface area contributed by atoms with Crippen LogP contribution < -0.4 is 10.1 Å². The highest BCUT2D eigenvalue weighted by Gasteiger charge is 2.23. The van der Waals surface area contributed by atoms with Crippen LogP contribution in [0.3, 0.4) is 0 Å². The van der Waals surface area contributed by atoms with Crippen molar-refractivity contribution >= 4 is 0 Å². The molecule has 0 spiro atoms. The van der Waals surface area contributed by atoms with E-state index in [-0.39, 0.29) is 0 Å². The van der Waals surface area contributed by atoms with Gasteiger partial charge in [-0.25, -0.2) is 0 Å². The van der Waals surface area contributed by atoms with E-state index < -0.39 is 0 Å². The molecule has 0 aromatic carbocycles. The van der Waals surface area contributed by atoms with Crippen LogP contribution >= 0.6 is 0 Å². The molecule has 3 nitrogen and oxygen atoms in total. The van der Waals surface area contributed by atoms with Crippen LogP contribution in [0.5, 0.6) is 5.75 Å². The number of hydrogen-bond acceptors (Lipinski definition) is 3. The van der Waals surface area contributed by atoms with Crippen LogP contribution in [0.15, 0.2) is 18.5 Å². The molecule has 1 heterocycles. The average molecular weight is 262 g/mol. The summed E-state index contributed by atoms with van der Waals surface area (Å²) in [6, 6.07) is 2.06. The van der Waals surface area contributed by atoms with Gasteiger partial charge in [0.05, 0.1) is 6.20 Å². The van der Waals surface area contributed by atoms with E-state index in [4.69, 9.17) is 4.74 Å². The number of nitrogens with one attached hydrogen (secondary N) is 1. The van der Waals surface area contributed by atoms with Gasteiger partial charge in [0.2, 0.25) is 0 Å². The topological polar surface area (TPSA) is 34.2 Å². The van der Waals surface area contributed by atoms with Crippen LogP contribution in [0.1, 0.15) is 51.5 Å². The summed E-state index contributed by atoms with van der Waals surface area (Å²) in [5.74, 6) is 1.62. The predicted molar refractivity (Wildman–Crippen MR) is 78.3 cm³/mol. The van der Waals surface area contributed by atoms with Crippen molar-refractivity contribution < 1.29 is 4.74 Å². The third kappa shape index (κ3) is 4.20. The molecule has 0 aliphatic heterocycles. The molecule has 1 saturated carbocycles. The minimum absolute atomic E-state index is 0.364. The average Bonchev–Trinajstić information content (AvgIpc) is 2.43. The van der Waals surface area contributed by atoms with Crippen molar-refractivity contribution in [3.8, 4) is 5.75 Å². The highest BCUT2D eigenvalue weighted by atomic mass is 16.5. The molecule has 0 saturated heterocycles. The lowest BCUT2D eigenvalue weighted by atomic mass is 9.88. The molecule has 2 atom stereocenters. The Balaban J connectivity index is 1.98. The van der Waals surface area contributed by atoms with Crippen molar-refractivity contribution in [1.29, 1.82) is 0 Å². The fourth-order valence-electron chi connectivity index (χ4n) is 2.68. The quantitative estimate of drug-likeness (QED) is 0.796. The third-order valence-corrected chi connectivity index (χ3v) is 3.92. The second-order valence-corrected chi connectivity index (χ2v) is 5.58. The van der Waals surface area contributed by atoms with Gasteiger partial charge in [0.1, 0.15) is 11.9 Å². The first-order valence-electron chi connectivity index (χ1n) is 7.61. The van der Waals surface area contributed by atoms with E-state index in [1.165, 1.54) is 31.2 Å². The van der Waals surface area contributed by atoms with E-state index in [1.54, 1.807) is 0 Å². The maximum atomic E-state index is 6.23. The number of rotatable bonds is 6. The van der Waals surface area contributed by atoms with Gasteiger partial charge in [-0.3, -0.25) is 4.98 Å². The van der Waals surface area contributed by atoms with Crippen molar-refractivity contribution in [3.63, 3.8) is 0 Å². The standard InChI is InChI=1S/C16H26N2O/c1-3-9-17-11-14-8-10-18-12-16(14)19-15-7-5-4-6-13(15)2/h8,10,12-13,15,17H,3-7,9,11H2,1-2H3. The minimum atomic E-state index is 0.364. The van der Waals surface area contributed by atoms with E-state index in [2.05, 4.69) is 30.2 Å². The molecule has 2 rings (SSSR count). The van der Waals surface area contributed by atoms with Gasteiger partial charge in [-0.1, -0.05) is 20.3 Å². The normalized spacial score (nSPS) is 23.3. The Bertz CT molecular complexity index is 381. The van der Waals surface area contributed by atoms with Crippen molar-refractivity contribution in [2.75, 3.05) is 6.54 Å². The van der Waals surface area contributed by atoms with Crippen LogP contribution in [0.4, 0.5) is 0 Å².